The second-order valence-electron chi connectivity index (χ2n) is 5.59. The lowest BCUT2D eigenvalue weighted by Crippen LogP contribution is -2.07. The van der Waals surface area contributed by atoms with Gasteiger partial charge in [0, 0.05) is 3.57 Å². The van der Waals surface area contributed by atoms with E-state index in [1.54, 1.807) is 0 Å². The van der Waals surface area contributed by atoms with Crippen molar-refractivity contribution in [2.75, 3.05) is 0 Å². The average Bonchev–Trinajstić information content (AvgIpc) is 2.61. The second-order valence-corrected chi connectivity index (χ2v) is 6.75. The van der Waals surface area contributed by atoms with Gasteiger partial charge >= 0.3 is 5.97 Å². The van der Waals surface area contributed by atoms with Gasteiger partial charge in [-0.3, -0.25) is 0 Å². The van der Waals surface area contributed by atoms with Crippen LogP contribution in [0.3, 0.4) is 0 Å². The summed E-state index contributed by atoms with van der Waals surface area (Å²) in [7, 11) is 0. The van der Waals surface area contributed by atoms with Crippen molar-refractivity contribution < 1.29 is 9.53 Å². The monoisotopic (exact) mass is 428 g/mol. The van der Waals surface area contributed by atoms with Crippen molar-refractivity contribution in [3.63, 3.8) is 0 Å². The van der Waals surface area contributed by atoms with Gasteiger partial charge in [-0.25, -0.2) is 4.79 Å². The summed E-state index contributed by atoms with van der Waals surface area (Å²) in [6.45, 7) is 2.26. The molecule has 2 nitrogen and oxygen atoms in total. The first-order chi connectivity index (χ1) is 11.6. The van der Waals surface area contributed by atoms with Crippen molar-refractivity contribution in [3.05, 3.63) is 93.1 Å². The zero-order valence-electron chi connectivity index (χ0n) is 13.3. The third-order valence-electron chi connectivity index (χ3n) is 3.77. The summed E-state index contributed by atoms with van der Waals surface area (Å²) in [5, 5.41) is 0. The molecule has 3 heteroatoms. The summed E-state index contributed by atoms with van der Waals surface area (Å²) in [6.07, 6.45) is 0. The van der Waals surface area contributed by atoms with Crippen LogP contribution in [-0.2, 0) is 11.3 Å². The Labute approximate surface area is 155 Å². The standard InChI is InChI=1S/C21H17IO2/c1-15-11-12-17(18-9-5-6-10-20(18)22)19(13-15)21(23)24-14-16-7-3-2-4-8-16/h2-13H,14H2,1H3. The number of ether oxygens (including phenoxy) is 1. The molecule has 0 aromatic heterocycles. The fourth-order valence-corrected chi connectivity index (χ4v) is 3.22. The molecule has 0 atom stereocenters. The number of benzene rings is 3. The summed E-state index contributed by atoms with van der Waals surface area (Å²) in [5.41, 5.74) is 4.58. The molecule has 0 N–H and O–H groups in total. The van der Waals surface area contributed by atoms with Gasteiger partial charge in [0.2, 0.25) is 0 Å². The number of hydrogen-bond donors (Lipinski definition) is 0. The number of esters is 1. The smallest absolute Gasteiger partial charge is 0.339 e. The van der Waals surface area contributed by atoms with E-state index in [0.29, 0.717) is 5.56 Å². The Morgan fingerprint density at radius 2 is 1.62 bits per heavy atom. The van der Waals surface area contributed by atoms with Crippen molar-refractivity contribution in [1.29, 1.82) is 0 Å². The summed E-state index contributed by atoms with van der Waals surface area (Å²) in [4.78, 5) is 12.7. The molecule has 3 aromatic carbocycles. The van der Waals surface area contributed by atoms with E-state index in [1.807, 2.05) is 79.7 Å². The Hall–Kier alpha value is -2.14. The number of rotatable bonds is 4. The molecule has 0 aliphatic carbocycles. The maximum absolute atomic E-state index is 12.7. The molecule has 120 valence electrons. The van der Waals surface area contributed by atoms with E-state index in [4.69, 9.17) is 4.74 Å². The van der Waals surface area contributed by atoms with Crippen LogP contribution < -0.4 is 0 Å². The molecule has 0 aliphatic rings. The second kappa shape index (κ2) is 7.62. The van der Waals surface area contributed by atoms with E-state index >= 15 is 0 Å². The van der Waals surface area contributed by atoms with Gasteiger partial charge in [-0.2, -0.15) is 0 Å². The predicted octanol–water partition coefficient (Wildman–Crippen LogP) is 5.62. The molecule has 0 bridgehead atoms. The molecular formula is C21H17IO2. The van der Waals surface area contributed by atoms with E-state index in [2.05, 4.69) is 22.6 Å². The Morgan fingerprint density at radius 3 is 2.38 bits per heavy atom. The number of carbonyl (C=O) groups is 1. The van der Waals surface area contributed by atoms with Gasteiger partial charge in [-0.05, 0) is 58.3 Å². The molecule has 0 radical (unpaired) electrons. The fraction of sp³-hybridized carbons (Fsp3) is 0.0952. The van der Waals surface area contributed by atoms with Crippen molar-refractivity contribution in [2.45, 2.75) is 13.5 Å². The first kappa shape index (κ1) is 16.7. The van der Waals surface area contributed by atoms with Crippen LogP contribution in [0.2, 0.25) is 0 Å². The number of hydrogen-bond acceptors (Lipinski definition) is 2. The highest BCUT2D eigenvalue weighted by Crippen LogP contribution is 2.29. The Morgan fingerprint density at radius 1 is 0.917 bits per heavy atom. The van der Waals surface area contributed by atoms with E-state index in [1.165, 1.54) is 0 Å². The lowest BCUT2D eigenvalue weighted by molar-refractivity contribution is 0.0473. The molecule has 24 heavy (non-hydrogen) atoms. The van der Waals surface area contributed by atoms with Crippen molar-refractivity contribution in [2.24, 2.45) is 0 Å². The normalized spacial score (nSPS) is 10.4. The van der Waals surface area contributed by atoms with Gasteiger partial charge in [0.1, 0.15) is 6.61 Å². The molecule has 0 amide bonds. The molecule has 0 spiro atoms. The van der Waals surface area contributed by atoms with Gasteiger partial charge in [0.15, 0.2) is 0 Å². The lowest BCUT2D eigenvalue weighted by atomic mass is 9.98. The van der Waals surface area contributed by atoms with Crippen LogP contribution >= 0.6 is 22.6 Å². The molecule has 0 fully saturated rings. The SMILES string of the molecule is Cc1ccc(-c2ccccc2I)c(C(=O)OCc2ccccc2)c1. The van der Waals surface area contributed by atoms with E-state index in [0.717, 1.165) is 25.8 Å². The van der Waals surface area contributed by atoms with Gasteiger partial charge in [-0.1, -0.05) is 66.2 Å². The van der Waals surface area contributed by atoms with Crippen LogP contribution in [0, 0.1) is 10.5 Å². The molecular weight excluding hydrogens is 411 g/mol. The van der Waals surface area contributed by atoms with Crippen LogP contribution in [0.5, 0.6) is 0 Å². The van der Waals surface area contributed by atoms with Crippen LogP contribution in [0.15, 0.2) is 72.8 Å². The molecule has 0 saturated heterocycles. The first-order valence-electron chi connectivity index (χ1n) is 7.72. The third kappa shape index (κ3) is 3.85. The highest BCUT2D eigenvalue weighted by molar-refractivity contribution is 14.1. The minimum atomic E-state index is -0.294. The van der Waals surface area contributed by atoms with Crippen LogP contribution in [0.25, 0.3) is 11.1 Å². The largest absolute Gasteiger partial charge is 0.457 e. The summed E-state index contributed by atoms with van der Waals surface area (Å²) >= 11 is 2.29. The fourth-order valence-electron chi connectivity index (χ4n) is 2.54. The molecule has 0 unspecified atom stereocenters. The van der Waals surface area contributed by atoms with Crippen LogP contribution in [-0.4, -0.2) is 5.97 Å². The maximum atomic E-state index is 12.7. The average molecular weight is 428 g/mol. The van der Waals surface area contributed by atoms with Crippen molar-refractivity contribution >= 4 is 28.6 Å². The molecule has 3 rings (SSSR count). The zero-order valence-corrected chi connectivity index (χ0v) is 15.5. The molecule has 0 saturated carbocycles. The van der Waals surface area contributed by atoms with Gasteiger partial charge in [-0.15, -0.1) is 0 Å². The number of carbonyl (C=O) groups excluding carboxylic acids is 1. The number of halogens is 1. The minimum Gasteiger partial charge on any atom is -0.457 e. The highest BCUT2D eigenvalue weighted by atomic mass is 127. The Kier molecular flexibility index (Phi) is 5.30. The lowest BCUT2D eigenvalue weighted by Gasteiger charge is -2.12. The topological polar surface area (TPSA) is 26.3 Å². The molecule has 0 aliphatic heterocycles. The van der Waals surface area contributed by atoms with Gasteiger partial charge in [0.05, 0.1) is 5.56 Å². The van der Waals surface area contributed by atoms with Crippen molar-refractivity contribution in [1.82, 2.24) is 0 Å². The number of aryl methyl sites for hydroxylation is 1. The van der Waals surface area contributed by atoms with Crippen LogP contribution in [0.1, 0.15) is 21.5 Å². The molecule has 0 heterocycles. The minimum absolute atomic E-state index is 0.277. The predicted molar refractivity (Wildman–Crippen MR) is 105 cm³/mol. The third-order valence-corrected chi connectivity index (χ3v) is 4.71. The summed E-state index contributed by atoms with van der Waals surface area (Å²) in [6, 6.07) is 23.7. The summed E-state index contributed by atoms with van der Waals surface area (Å²) < 4.78 is 6.64. The quantitative estimate of drug-likeness (QED) is 0.398. The van der Waals surface area contributed by atoms with E-state index < -0.39 is 0 Å². The Bertz CT molecular complexity index is 857. The van der Waals surface area contributed by atoms with Gasteiger partial charge < -0.3 is 4.74 Å². The van der Waals surface area contributed by atoms with E-state index in [9.17, 15) is 4.79 Å². The van der Waals surface area contributed by atoms with Crippen LogP contribution in [0.4, 0.5) is 0 Å². The van der Waals surface area contributed by atoms with E-state index in [-0.39, 0.29) is 12.6 Å². The molecule has 3 aromatic rings. The zero-order chi connectivity index (χ0) is 16.9. The first-order valence-corrected chi connectivity index (χ1v) is 8.79. The maximum Gasteiger partial charge on any atom is 0.339 e. The van der Waals surface area contributed by atoms with Crippen molar-refractivity contribution in [3.8, 4) is 11.1 Å². The Balaban J connectivity index is 1.91. The summed E-state index contributed by atoms with van der Waals surface area (Å²) in [5.74, 6) is -0.294. The van der Waals surface area contributed by atoms with Gasteiger partial charge in [0.25, 0.3) is 0 Å². The highest BCUT2D eigenvalue weighted by Gasteiger charge is 2.16.